The van der Waals surface area contributed by atoms with E-state index in [1.54, 1.807) is 18.2 Å². The van der Waals surface area contributed by atoms with Gasteiger partial charge in [0, 0.05) is 32.0 Å². The van der Waals surface area contributed by atoms with Gasteiger partial charge in [-0.15, -0.1) is 0 Å². The number of aryl methyl sites for hydroxylation is 2. The molecule has 0 bridgehead atoms. The maximum atomic E-state index is 12.1. The average molecular weight is 368 g/mol. The summed E-state index contributed by atoms with van der Waals surface area (Å²) in [5.74, 6) is -0.472. The molecule has 2 rings (SSSR count). The number of amides is 2. The molecule has 2 amide bonds. The van der Waals surface area contributed by atoms with E-state index in [9.17, 15) is 14.4 Å². The van der Waals surface area contributed by atoms with Crippen LogP contribution in [0.3, 0.4) is 0 Å². The van der Waals surface area contributed by atoms with Crippen molar-refractivity contribution in [2.75, 3.05) is 13.1 Å². The van der Waals surface area contributed by atoms with Crippen LogP contribution in [0.15, 0.2) is 48.5 Å². The molecule has 0 fully saturated rings. The Bertz CT molecular complexity index is 800. The van der Waals surface area contributed by atoms with E-state index in [1.165, 1.54) is 18.6 Å². The van der Waals surface area contributed by atoms with Gasteiger partial charge in [0.25, 0.3) is 5.91 Å². The third-order valence-corrected chi connectivity index (χ3v) is 3.85. The fourth-order valence-corrected chi connectivity index (χ4v) is 2.45. The van der Waals surface area contributed by atoms with Crippen LogP contribution in [0.1, 0.15) is 34.8 Å². The van der Waals surface area contributed by atoms with Crippen molar-refractivity contribution in [1.29, 1.82) is 0 Å². The molecule has 2 N–H and O–H groups in total. The van der Waals surface area contributed by atoms with Gasteiger partial charge in [0.1, 0.15) is 5.75 Å². The molecule has 142 valence electrons. The summed E-state index contributed by atoms with van der Waals surface area (Å²) in [5, 5.41) is 5.51. The number of carbonyl (C=O) groups excluding carboxylic acids is 3. The summed E-state index contributed by atoms with van der Waals surface area (Å²) in [6.07, 6.45) is 1.09. The number of rotatable bonds is 8. The summed E-state index contributed by atoms with van der Waals surface area (Å²) in [4.78, 5) is 34.9. The van der Waals surface area contributed by atoms with Gasteiger partial charge in [-0.2, -0.15) is 0 Å². The Balaban J connectivity index is 1.68. The molecule has 0 aliphatic carbocycles. The van der Waals surface area contributed by atoms with Gasteiger partial charge < -0.3 is 15.4 Å². The van der Waals surface area contributed by atoms with Crippen LogP contribution in [0.5, 0.6) is 5.75 Å². The van der Waals surface area contributed by atoms with Gasteiger partial charge >= 0.3 is 5.97 Å². The molecule has 0 aliphatic rings. The molecular formula is C21H24N2O4. The third-order valence-electron chi connectivity index (χ3n) is 3.85. The first kappa shape index (κ1) is 20.2. The van der Waals surface area contributed by atoms with Gasteiger partial charge in [0.15, 0.2) is 0 Å². The Kier molecular flexibility index (Phi) is 7.55. The van der Waals surface area contributed by atoms with Crippen molar-refractivity contribution in [1.82, 2.24) is 10.6 Å². The molecule has 0 atom stereocenters. The Hall–Kier alpha value is -3.15. The molecule has 0 aliphatic heterocycles. The van der Waals surface area contributed by atoms with Gasteiger partial charge in [-0.1, -0.05) is 35.9 Å². The van der Waals surface area contributed by atoms with Crippen LogP contribution in [0.2, 0.25) is 0 Å². The first-order valence-corrected chi connectivity index (χ1v) is 8.83. The highest BCUT2D eigenvalue weighted by atomic mass is 16.5. The molecule has 0 heterocycles. The summed E-state index contributed by atoms with van der Waals surface area (Å²) in [5.41, 5.74) is 2.70. The van der Waals surface area contributed by atoms with E-state index in [-0.39, 0.29) is 11.8 Å². The van der Waals surface area contributed by atoms with Crippen LogP contribution in [0, 0.1) is 6.92 Å². The number of esters is 1. The Morgan fingerprint density at radius 1 is 0.963 bits per heavy atom. The van der Waals surface area contributed by atoms with Crippen molar-refractivity contribution in [2.24, 2.45) is 0 Å². The number of hydrogen-bond donors (Lipinski definition) is 2. The molecule has 2 aromatic rings. The minimum absolute atomic E-state index is 0.0540. The molecule has 0 saturated heterocycles. The Labute approximate surface area is 158 Å². The molecule has 6 heteroatoms. The lowest BCUT2D eigenvalue weighted by Crippen LogP contribution is -2.34. The standard InChI is InChI=1S/C21H24N2O4/c1-15-6-8-17(9-7-15)10-11-20(25)22-12-13-23-21(26)18-4-3-5-19(14-18)27-16(2)24/h3-9,14H,10-13H2,1-2H3,(H,22,25)(H,23,26). The van der Waals surface area contributed by atoms with E-state index in [0.29, 0.717) is 37.2 Å². The smallest absolute Gasteiger partial charge is 0.308 e. The monoisotopic (exact) mass is 368 g/mol. The fourth-order valence-electron chi connectivity index (χ4n) is 2.45. The predicted molar refractivity (Wildman–Crippen MR) is 103 cm³/mol. The first-order chi connectivity index (χ1) is 12.9. The lowest BCUT2D eigenvalue weighted by atomic mass is 10.1. The summed E-state index contributed by atoms with van der Waals surface area (Å²) >= 11 is 0. The van der Waals surface area contributed by atoms with Gasteiger partial charge in [0.2, 0.25) is 5.91 Å². The number of hydrogen-bond acceptors (Lipinski definition) is 4. The normalized spacial score (nSPS) is 10.1. The molecule has 0 spiro atoms. The second-order valence-electron chi connectivity index (χ2n) is 6.21. The fraction of sp³-hybridized carbons (Fsp3) is 0.286. The molecule has 0 radical (unpaired) electrons. The minimum atomic E-state index is -0.444. The number of nitrogens with one attached hydrogen (secondary N) is 2. The van der Waals surface area contributed by atoms with Gasteiger partial charge in [-0.25, -0.2) is 0 Å². The Morgan fingerprint density at radius 3 is 2.37 bits per heavy atom. The van der Waals surface area contributed by atoms with Crippen LogP contribution < -0.4 is 15.4 Å². The predicted octanol–water partition coefficient (Wildman–Crippen LogP) is 2.40. The molecule has 0 unspecified atom stereocenters. The summed E-state index contributed by atoms with van der Waals surface area (Å²) in [6, 6.07) is 14.5. The van der Waals surface area contributed by atoms with Crippen molar-refractivity contribution in [3.63, 3.8) is 0 Å². The van der Waals surface area contributed by atoms with Crippen LogP contribution in [-0.4, -0.2) is 30.9 Å². The van der Waals surface area contributed by atoms with Crippen LogP contribution >= 0.6 is 0 Å². The van der Waals surface area contributed by atoms with E-state index >= 15 is 0 Å². The summed E-state index contributed by atoms with van der Waals surface area (Å²) in [7, 11) is 0. The van der Waals surface area contributed by atoms with E-state index in [2.05, 4.69) is 10.6 Å². The van der Waals surface area contributed by atoms with Crippen molar-refractivity contribution < 1.29 is 19.1 Å². The van der Waals surface area contributed by atoms with E-state index in [4.69, 9.17) is 4.74 Å². The zero-order chi connectivity index (χ0) is 19.6. The third kappa shape index (κ3) is 7.32. The molecule has 0 aromatic heterocycles. The maximum absolute atomic E-state index is 12.1. The second kappa shape index (κ2) is 10.1. The minimum Gasteiger partial charge on any atom is -0.427 e. The Morgan fingerprint density at radius 2 is 1.67 bits per heavy atom. The second-order valence-corrected chi connectivity index (χ2v) is 6.21. The maximum Gasteiger partial charge on any atom is 0.308 e. The lowest BCUT2D eigenvalue weighted by Gasteiger charge is -2.08. The molecule has 6 nitrogen and oxygen atoms in total. The molecule has 27 heavy (non-hydrogen) atoms. The quantitative estimate of drug-likeness (QED) is 0.426. The van der Waals surface area contributed by atoms with Crippen molar-refractivity contribution in [2.45, 2.75) is 26.7 Å². The van der Waals surface area contributed by atoms with Crippen molar-refractivity contribution >= 4 is 17.8 Å². The van der Waals surface area contributed by atoms with Crippen LogP contribution in [0.25, 0.3) is 0 Å². The highest BCUT2D eigenvalue weighted by Gasteiger charge is 2.08. The van der Waals surface area contributed by atoms with Crippen molar-refractivity contribution in [3.05, 3.63) is 65.2 Å². The number of benzene rings is 2. The SMILES string of the molecule is CC(=O)Oc1cccc(C(=O)NCCNC(=O)CCc2ccc(C)cc2)c1. The summed E-state index contributed by atoms with van der Waals surface area (Å²) in [6.45, 7) is 3.99. The number of carbonyl (C=O) groups is 3. The van der Waals surface area contributed by atoms with Gasteiger partial charge in [-0.3, -0.25) is 14.4 Å². The zero-order valence-electron chi connectivity index (χ0n) is 15.6. The van der Waals surface area contributed by atoms with Gasteiger partial charge in [-0.05, 0) is 37.1 Å². The highest BCUT2D eigenvalue weighted by molar-refractivity contribution is 5.94. The van der Waals surface area contributed by atoms with E-state index in [1.807, 2.05) is 31.2 Å². The topological polar surface area (TPSA) is 84.5 Å². The average Bonchev–Trinajstić information content (AvgIpc) is 2.64. The van der Waals surface area contributed by atoms with Crippen LogP contribution in [0.4, 0.5) is 0 Å². The molecule has 2 aromatic carbocycles. The van der Waals surface area contributed by atoms with E-state index < -0.39 is 5.97 Å². The largest absolute Gasteiger partial charge is 0.427 e. The zero-order valence-corrected chi connectivity index (χ0v) is 15.6. The first-order valence-electron chi connectivity index (χ1n) is 8.83. The lowest BCUT2D eigenvalue weighted by molar-refractivity contribution is -0.131. The molecule has 0 saturated carbocycles. The van der Waals surface area contributed by atoms with Crippen LogP contribution in [-0.2, 0) is 16.0 Å². The van der Waals surface area contributed by atoms with Gasteiger partial charge in [0.05, 0.1) is 0 Å². The molecular weight excluding hydrogens is 344 g/mol. The number of ether oxygens (including phenoxy) is 1. The summed E-state index contributed by atoms with van der Waals surface area (Å²) < 4.78 is 4.96. The van der Waals surface area contributed by atoms with E-state index in [0.717, 1.165) is 5.56 Å². The highest BCUT2D eigenvalue weighted by Crippen LogP contribution is 2.13. The van der Waals surface area contributed by atoms with Crippen molar-refractivity contribution in [3.8, 4) is 5.75 Å².